The highest BCUT2D eigenvalue weighted by atomic mass is 32.2. The fourth-order valence-electron chi connectivity index (χ4n) is 2.50. The summed E-state index contributed by atoms with van der Waals surface area (Å²) >= 11 is 0. The SMILES string of the molecule is CC(C)c1cccc(C(C)C)c1NS(=O)(=O)c1cccc(F)c1. The standard InChI is InChI=1S/C18H22FNO2S/c1-12(2)16-9-6-10-17(13(3)4)18(16)20-23(21,22)15-8-5-7-14(19)11-15/h5-13,20H,1-4H3. The number of hydrogen-bond donors (Lipinski definition) is 1. The number of rotatable bonds is 5. The van der Waals surface area contributed by atoms with E-state index in [0.717, 1.165) is 17.2 Å². The average Bonchev–Trinajstić information content (AvgIpc) is 2.46. The molecule has 0 radical (unpaired) electrons. The van der Waals surface area contributed by atoms with E-state index in [0.29, 0.717) is 5.69 Å². The van der Waals surface area contributed by atoms with Gasteiger partial charge in [0.15, 0.2) is 0 Å². The quantitative estimate of drug-likeness (QED) is 0.847. The van der Waals surface area contributed by atoms with Crippen LogP contribution >= 0.6 is 0 Å². The largest absolute Gasteiger partial charge is 0.279 e. The Kier molecular flexibility index (Phi) is 5.09. The molecule has 1 N–H and O–H groups in total. The van der Waals surface area contributed by atoms with Gasteiger partial charge in [0.2, 0.25) is 0 Å². The molecule has 0 bridgehead atoms. The lowest BCUT2D eigenvalue weighted by Gasteiger charge is -2.20. The molecule has 0 amide bonds. The van der Waals surface area contributed by atoms with Crippen LogP contribution in [0.2, 0.25) is 0 Å². The summed E-state index contributed by atoms with van der Waals surface area (Å²) in [6.07, 6.45) is 0. The van der Waals surface area contributed by atoms with Crippen LogP contribution in [0.3, 0.4) is 0 Å². The lowest BCUT2D eigenvalue weighted by Crippen LogP contribution is -2.16. The van der Waals surface area contributed by atoms with Crippen molar-refractivity contribution >= 4 is 15.7 Å². The van der Waals surface area contributed by atoms with Gasteiger partial charge in [0.1, 0.15) is 5.82 Å². The maximum atomic E-state index is 13.4. The Labute approximate surface area is 137 Å². The van der Waals surface area contributed by atoms with E-state index in [-0.39, 0.29) is 16.7 Å². The number of nitrogens with one attached hydrogen (secondary N) is 1. The molecular weight excluding hydrogens is 313 g/mol. The van der Waals surface area contributed by atoms with Gasteiger partial charge in [0, 0.05) is 0 Å². The van der Waals surface area contributed by atoms with E-state index in [1.54, 1.807) is 0 Å². The molecule has 0 saturated carbocycles. The molecule has 2 aromatic carbocycles. The minimum Gasteiger partial charge on any atom is -0.279 e. The molecule has 124 valence electrons. The van der Waals surface area contributed by atoms with E-state index in [9.17, 15) is 12.8 Å². The molecule has 0 aliphatic heterocycles. The molecule has 5 heteroatoms. The fourth-order valence-corrected chi connectivity index (χ4v) is 3.64. The first-order valence-electron chi connectivity index (χ1n) is 7.63. The van der Waals surface area contributed by atoms with E-state index in [4.69, 9.17) is 0 Å². The number of sulfonamides is 1. The first-order chi connectivity index (χ1) is 10.7. The molecule has 0 aliphatic rings. The topological polar surface area (TPSA) is 46.2 Å². The Morgan fingerprint density at radius 3 is 1.91 bits per heavy atom. The van der Waals surface area contributed by atoms with Crippen LogP contribution in [0.1, 0.15) is 50.7 Å². The molecule has 2 rings (SSSR count). The third kappa shape index (κ3) is 3.91. The minimum atomic E-state index is -3.84. The first-order valence-corrected chi connectivity index (χ1v) is 9.12. The summed E-state index contributed by atoms with van der Waals surface area (Å²) in [7, 11) is -3.84. The second kappa shape index (κ2) is 6.71. The lowest BCUT2D eigenvalue weighted by molar-refractivity contribution is 0.595. The molecule has 23 heavy (non-hydrogen) atoms. The van der Waals surface area contributed by atoms with Gasteiger partial charge >= 0.3 is 0 Å². The van der Waals surface area contributed by atoms with Crippen molar-refractivity contribution in [2.75, 3.05) is 4.72 Å². The Morgan fingerprint density at radius 2 is 1.43 bits per heavy atom. The van der Waals surface area contributed by atoms with Crippen LogP contribution in [0, 0.1) is 5.82 Å². The zero-order chi connectivity index (χ0) is 17.2. The first kappa shape index (κ1) is 17.5. The summed E-state index contributed by atoms with van der Waals surface area (Å²) in [5.74, 6) is -0.244. The van der Waals surface area contributed by atoms with Crippen molar-refractivity contribution in [2.45, 2.75) is 44.4 Å². The lowest BCUT2D eigenvalue weighted by atomic mass is 9.93. The van der Waals surface area contributed by atoms with Crippen LogP contribution in [0.25, 0.3) is 0 Å². The zero-order valence-corrected chi connectivity index (χ0v) is 14.6. The Balaban J connectivity index is 2.54. The molecule has 0 saturated heterocycles. The molecule has 0 unspecified atom stereocenters. The van der Waals surface area contributed by atoms with E-state index >= 15 is 0 Å². The molecule has 0 spiro atoms. The van der Waals surface area contributed by atoms with Crippen LogP contribution in [0.4, 0.5) is 10.1 Å². The predicted octanol–water partition coefficient (Wildman–Crippen LogP) is 4.87. The van der Waals surface area contributed by atoms with E-state index in [1.165, 1.54) is 18.2 Å². The van der Waals surface area contributed by atoms with Crippen molar-refractivity contribution in [3.63, 3.8) is 0 Å². The summed E-state index contributed by atoms with van der Waals surface area (Å²) in [6.45, 7) is 8.05. The van der Waals surface area contributed by atoms with Gasteiger partial charge in [-0.3, -0.25) is 4.72 Å². The Morgan fingerprint density at radius 1 is 0.913 bits per heavy atom. The number of para-hydroxylation sites is 1. The van der Waals surface area contributed by atoms with Crippen molar-refractivity contribution < 1.29 is 12.8 Å². The Bertz CT molecular complexity index is 772. The van der Waals surface area contributed by atoms with Gasteiger partial charge in [-0.2, -0.15) is 0 Å². The summed E-state index contributed by atoms with van der Waals surface area (Å²) in [4.78, 5) is -0.0780. The maximum absolute atomic E-state index is 13.4. The molecular formula is C18H22FNO2S. The predicted molar refractivity (Wildman–Crippen MR) is 91.8 cm³/mol. The second-order valence-corrected chi connectivity index (χ2v) is 7.87. The third-order valence-electron chi connectivity index (χ3n) is 3.72. The van der Waals surface area contributed by atoms with Gasteiger partial charge in [0.05, 0.1) is 10.6 Å². The normalized spacial score (nSPS) is 12.0. The summed E-state index contributed by atoms with van der Waals surface area (Å²) in [6, 6.07) is 10.8. The van der Waals surface area contributed by atoms with Crippen LogP contribution in [-0.4, -0.2) is 8.42 Å². The van der Waals surface area contributed by atoms with Gasteiger partial charge in [-0.05, 0) is 41.2 Å². The van der Waals surface area contributed by atoms with Crippen LogP contribution in [-0.2, 0) is 10.0 Å². The van der Waals surface area contributed by atoms with E-state index < -0.39 is 15.8 Å². The van der Waals surface area contributed by atoms with Crippen molar-refractivity contribution in [3.8, 4) is 0 Å². The monoisotopic (exact) mass is 335 g/mol. The fraction of sp³-hybridized carbons (Fsp3) is 0.333. The van der Waals surface area contributed by atoms with Crippen LogP contribution in [0.5, 0.6) is 0 Å². The number of halogens is 1. The molecule has 2 aromatic rings. The van der Waals surface area contributed by atoms with Crippen molar-refractivity contribution in [3.05, 3.63) is 59.4 Å². The van der Waals surface area contributed by atoms with Crippen LogP contribution < -0.4 is 4.72 Å². The minimum absolute atomic E-state index is 0.0780. The molecule has 0 fully saturated rings. The summed E-state index contributed by atoms with van der Waals surface area (Å²) < 4.78 is 41.3. The summed E-state index contributed by atoms with van der Waals surface area (Å²) in [5, 5.41) is 0. The molecule has 0 aromatic heterocycles. The number of anilines is 1. The highest BCUT2D eigenvalue weighted by Crippen LogP contribution is 2.33. The molecule has 0 aliphatic carbocycles. The van der Waals surface area contributed by atoms with E-state index in [2.05, 4.69) is 4.72 Å². The van der Waals surface area contributed by atoms with Gasteiger partial charge in [-0.1, -0.05) is 52.0 Å². The summed E-state index contributed by atoms with van der Waals surface area (Å²) in [5.41, 5.74) is 2.45. The van der Waals surface area contributed by atoms with Crippen molar-refractivity contribution in [1.82, 2.24) is 0 Å². The maximum Gasteiger partial charge on any atom is 0.262 e. The third-order valence-corrected chi connectivity index (χ3v) is 5.06. The number of hydrogen-bond acceptors (Lipinski definition) is 2. The molecule has 3 nitrogen and oxygen atoms in total. The second-order valence-electron chi connectivity index (χ2n) is 6.18. The van der Waals surface area contributed by atoms with Gasteiger partial charge in [0.25, 0.3) is 10.0 Å². The van der Waals surface area contributed by atoms with Crippen molar-refractivity contribution in [1.29, 1.82) is 0 Å². The molecule has 0 heterocycles. The van der Waals surface area contributed by atoms with Gasteiger partial charge in [-0.25, -0.2) is 12.8 Å². The van der Waals surface area contributed by atoms with E-state index in [1.807, 2.05) is 45.9 Å². The van der Waals surface area contributed by atoms with Crippen LogP contribution in [0.15, 0.2) is 47.4 Å². The average molecular weight is 335 g/mol. The van der Waals surface area contributed by atoms with Crippen molar-refractivity contribution in [2.24, 2.45) is 0 Å². The Hall–Kier alpha value is -1.88. The van der Waals surface area contributed by atoms with Gasteiger partial charge < -0.3 is 0 Å². The highest BCUT2D eigenvalue weighted by Gasteiger charge is 2.21. The number of benzene rings is 2. The van der Waals surface area contributed by atoms with Gasteiger partial charge in [-0.15, -0.1) is 0 Å². The molecule has 0 atom stereocenters. The smallest absolute Gasteiger partial charge is 0.262 e. The zero-order valence-electron chi connectivity index (χ0n) is 13.8. The highest BCUT2D eigenvalue weighted by molar-refractivity contribution is 7.92.